The monoisotopic (exact) mass is 424 g/mol. The Morgan fingerprint density at radius 2 is 1.69 bits per heavy atom. The first-order valence-corrected chi connectivity index (χ1v) is 10.8. The number of rotatable bonds is 3. The summed E-state index contributed by atoms with van der Waals surface area (Å²) in [7, 11) is -1.37. The van der Waals surface area contributed by atoms with Crippen LogP contribution in [0.25, 0.3) is 0 Å². The molecule has 1 atom stereocenters. The molecule has 0 aliphatic rings. The lowest BCUT2D eigenvalue weighted by Crippen LogP contribution is -2.04. The highest BCUT2D eigenvalue weighted by molar-refractivity contribution is 7.93. The van der Waals surface area contributed by atoms with Crippen molar-refractivity contribution < 1.29 is 13.7 Å². The Morgan fingerprint density at radius 3 is 2.34 bits per heavy atom. The van der Waals surface area contributed by atoms with E-state index in [4.69, 9.17) is 16.3 Å². The van der Waals surface area contributed by atoms with E-state index in [1.165, 1.54) is 12.5 Å². The van der Waals surface area contributed by atoms with Gasteiger partial charge in [0.15, 0.2) is 0 Å². The third kappa shape index (κ3) is 5.44. The number of ether oxygens (including phenoxy) is 1. The molecule has 2 aromatic carbocycles. The Balaban J connectivity index is 1.86. The number of methoxy groups -OCH3 is 1. The molecule has 0 saturated heterocycles. The van der Waals surface area contributed by atoms with Crippen molar-refractivity contribution in [3.8, 4) is 17.6 Å². The summed E-state index contributed by atoms with van der Waals surface area (Å²) >= 11 is 5.86. The van der Waals surface area contributed by atoms with E-state index in [2.05, 4.69) is 21.2 Å². The van der Waals surface area contributed by atoms with Crippen LogP contribution in [-0.2, 0) is 9.73 Å². The summed E-state index contributed by atoms with van der Waals surface area (Å²) in [6, 6.07) is 15.3. The highest BCUT2D eigenvalue weighted by atomic mass is 35.5. The summed E-state index contributed by atoms with van der Waals surface area (Å²) in [5.74, 6) is 5.94. The van der Waals surface area contributed by atoms with E-state index in [9.17, 15) is 9.00 Å². The molecule has 1 amide bonds. The van der Waals surface area contributed by atoms with Crippen LogP contribution in [0.5, 0.6) is 5.75 Å². The molecular weight excluding hydrogens is 408 g/mol. The number of hydrogen-bond donors (Lipinski definition) is 0. The van der Waals surface area contributed by atoms with Crippen molar-refractivity contribution in [2.45, 2.75) is 4.90 Å². The van der Waals surface area contributed by atoms with E-state index in [0.717, 1.165) is 5.56 Å². The standard InChI is InChI=1S/C22H17ClN2O3S/c1-28-20-9-11-21(12-10-20)29(2,27)25-22(26)18-13-17(14-24-15-18)4-3-16-5-7-19(23)8-6-16/h5-15H,1-2H3. The fourth-order valence-electron chi connectivity index (χ4n) is 2.39. The van der Waals surface area contributed by atoms with Gasteiger partial charge in [-0.2, -0.15) is 4.36 Å². The molecule has 5 nitrogen and oxygen atoms in total. The number of carbonyl (C=O) groups excluding carboxylic acids is 1. The summed E-state index contributed by atoms with van der Waals surface area (Å²) in [6.45, 7) is 0. The second kappa shape index (κ2) is 8.91. The van der Waals surface area contributed by atoms with Crippen LogP contribution < -0.4 is 4.74 Å². The predicted octanol–water partition coefficient (Wildman–Crippen LogP) is 4.44. The van der Waals surface area contributed by atoms with Gasteiger partial charge < -0.3 is 4.74 Å². The first-order chi connectivity index (χ1) is 13.9. The maximum absolute atomic E-state index is 12.9. The lowest BCUT2D eigenvalue weighted by atomic mass is 10.2. The van der Waals surface area contributed by atoms with Crippen LogP contribution in [0, 0.1) is 11.8 Å². The van der Waals surface area contributed by atoms with E-state index in [1.54, 1.807) is 67.9 Å². The summed E-state index contributed by atoms with van der Waals surface area (Å²) in [6.07, 6.45) is 4.35. The number of pyridine rings is 1. The van der Waals surface area contributed by atoms with Gasteiger partial charge in [-0.15, -0.1) is 0 Å². The van der Waals surface area contributed by atoms with Crippen molar-refractivity contribution in [3.63, 3.8) is 0 Å². The Kier molecular flexibility index (Phi) is 6.32. The third-order valence-electron chi connectivity index (χ3n) is 3.93. The molecule has 7 heteroatoms. The maximum Gasteiger partial charge on any atom is 0.286 e. The van der Waals surface area contributed by atoms with Gasteiger partial charge in [-0.05, 0) is 54.6 Å². The number of benzene rings is 2. The largest absolute Gasteiger partial charge is 0.497 e. The molecule has 1 unspecified atom stereocenters. The van der Waals surface area contributed by atoms with E-state index in [0.29, 0.717) is 21.2 Å². The summed E-state index contributed by atoms with van der Waals surface area (Å²) in [4.78, 5) is 17.0. The molecule has 0 N–H and O–H groups in total. The SMILES string of the molecule is COc1ccc(S(C)(=O)=NC(=O)c2cncc(C#Cc3ccc(Cl)cc3)c2)cc1. The number of nitrogens with zero attached hydrogens (tertiary/aromatic N) is 2. The van der Waals surface area contributed by atoms with E-state index in [1.807, 2.05) is 0 Å². The first-order valence-electron chi connectivity index (χ1n) is 8.50. The highest BCUT2D eigenvalue weighted by Gasteiger charge is 2.12. The van der Waals surface area contributed by atoms with Gasteiger partial charge in [0, 0.05) is 39.7 Å². The van der Waals surface area contributed by atoms with Gasteiger partial charge >= 0.3 is 0 Å². The molecule has 0 bridgehead atoms. The van der Waals surface area contributed by atoms with Gasteiger partial charge in [0.05, 0.1) is 22.4 Å². The zero-order valence-corrected chi connectivity index (χ0v) is 17.3. The molecule has 0 aliphatic carbocycles. The molecule has 0 aliphatic heterocycles. The number of amides is 1. The Labute approximate surface area is 174 Å². The zero-order chi connectivity index (χ0) is 20.9. The van der Waals surface area contributed by atoms with Crippen LogP contribution in [0.1, 0.15) is 21.5 Å². The van der Waals surface area contributed by atoms with Gasteiger partial charge in [0.1, 0.15) is 5.75 Å². The van der Waals surface area contributed by atoms with Gasteiger partial charge in [-0.1, -0.05) is 23.4 Å². The summed E-state index contributed by atoms with van der Waals surface area (Å²) in [5.41, 5.74) is 1.55. The minimum absolute atomic E-state index is 0.219. The van der Waals surface area contributed by atoms with Gasteiger partial charge in [-0.25, -0.2) is 4.21 Å². The molecular formula is C22H17ClN2O3S. The Morgan fingerprint density at radius 1 is 1.03 bits per heavy atom. The first kappa shape index (κ1) is 20.6. The highest BCUT2D eigenvalue weighted by Crippen LogP contribution is 2.18. The van der Waals surface area contributed by atoms with Crippen molar-refractivity contribution >= 4 is 27.2 Å². The lowest BCUT2D eigenvalue weighted by Gasteiger charge is -2.05. The van der Waals surface area contributed by atoms with E-state index >= 15 is 0 Å². The van der Waals surface area contributed by atoms with Crippen molar-refractivity contribution in [1.29, 1.82) is 0 Å². The normalized spacial score (nSPS) is 12.2. The fourth-order valence-corrected chi connectivity index (χ4v) is 3.69. The second-order valence-corrected chi connectivity index (χ2v) is 8.79. The Bertz CT molecular complexity index is 1220. The smallest absolute Gasteiger partial charge is 0.286 e. The fraction of sp³-hybridized carbons (Fsp3) is 0.0909. The van der Waals surface area contributed by atoms with Crippen molar-refractivity contribution in [2.75, 3.05) is 13.4 Å². The van der Waals surface area contributed by atoms with Crippen LogP contribution in [0.15, 0.2) is 76.2 Å². The van der Waals surface area contributed by atoms with Gasteiger partial charge in [0.25, 0.3) is 5.91 Å². The summed E-state index contributed by atoms with van der Waals surface area (Å²) in [5, 5.41) is 0.631. The summed E-state index contributed by atoms with van der Waals surface area (Å²) < 4.78 is 21.9. The molecule has 1 heterocycles. The minimum atomic E-state index is -2.91. The molecule has 0 saturated carbocycles. The maximum atomic E-state index is 12.9. The van der Waals surface area contributed by atoms with Crippen LogP contribution in [0.4, 0.5) is 0 Å². The topological polar surface area (TPSA) is 68.6 Å². The van der Waals surface area contributed by atoms with E-state index < -0.39 is 15.6 Å². The van der Waals surface area contributed by atoms with Crippen LogP contribution in [0.3, 0.4) is 0 Å². The van der Waals surface area contributed by atoms with Crippen molar-refractivity contribution in [1.82, 2.24) is 4.98 Å². The quantitative estimate of drug-likeness (QED) is 0.583. The van der Waals surface area contributed by atoms with Crippen molar-refractivity contribution in [3.05, 3.63) is 88.7 Å². The minimum Gasteiger partial charge on any atom is -0.497 e. The predicted molar refractivity (Wildman–Crippen MR) is 114 cm³/mol. The molecule has 0 fully saturated rings. The van der Waals surface area contributed by atoms with Crippen LogP contribution in [-0.4, -0.2) is 28.5 Å². The van der Waals surface area contributed by atoms with Crippen molar-refractivity contribution in [2.24, 2.45) is 4.36 Å². The molecule has 0 spiro atoms. The van der Waals surface area contributed by atoms with Crippen LogP contribution in [0.2, 0.25) is 5.02 Å². The molecule has 1 aromatic heterocycles. The molecule has 29 heavy (non-hydrogen) atoms. The second-order valence-electron chi connectivity index (χ2n) is 6.09. The van der Waals surface area contributed by atoms with Gasteiger partial charge in [-0.3, -0.25) is 9.78 Å². The molecule has 146 valence electrons. The average Bonchev–Trinajstić information content (AvgIpc) is 2.73. The number of carbonyl (C=O) groups is 1. The molecule has 3 rings (SSSR count). The average molecular weight is 425 g/mol. The van der Waals surface area contributed by atoms with Crippen LogP contribution >= 0.6 is 11.6 Å². The van der Waals surface area contributed by atoms with Gasteiger partial charge in [0.2, 0.25) is 0 Å². The number of halogens is 1. The number of aromatic nitrogens is 1. The third-order valence-corrected chi connectivity index (χ3v) is 5.85. The number of hydrogen-bond acceptors (Lipinski definition) is 4. The zero-order valence-electron chi connectivity index (χ0n) is 15.8. The lowest BCUT2D eigenvalue weighted by molar-refractivity contribution is 0.100. The molecule has 3 aromatic rings. The van der Waals surface area contributed by atoms with E-state index in [-0.39, 0.29) is 5.56 Å². The Hall–Kier alpha value is -3.14. The molecule has 0 radical (unpaired) electrons.